The second kappa shape index (κ2) is 14.0. The van der Waals surface area contributed by atoms with Crippen LogP contribution in [0.15, 0.2) is 78.9 Å². The largest absolute Gasteiger partial charge is 0.497 e. The highest BCUT2D eigenvalue weighted by Gasteiger charge is 2.29. The normalized spacial score (nSPS) is 13.3. The molecule has 0 unspecified atom stereocenters. The van der Waals surface area contributed by atoms with E-state index in [0.717, 1.165) is 34.8 Å². The van der Waals surface area contributed by atoms with Crippen molar-refractivity contribution in [3.8, 4) is 22.7 Å². The molecule has 0 atom stereocenters. The summed E-state index contributed by atoms with van der Waals surface area (Å²) in [6, 6.07) is 25.4. The molecule has 0 bridgehead atoms. The van der Waals surface area contributed by atoms with Crippen molar-refractivity contribution in [1.82, 2.24) is 14.4 Å². The van der Waals surface area contributed by atoms with Gasteiger partial charge in [-0.05, 0) is 85.5 Å². The van der Waals surface area contributed by atoms with Gasteiger partial charge in [0.05, 0.1) is 29.1 Å². The Hall–Kier alpha value is -4.03. The average Bonchev–Trinajstić information content (AvgIpc) is 3.39. The summed E-state index contributed by atoms with van der Waals surface area (Å²) in [7, 11) is 1.64. The molecule has 43 heavy (non-hydrogen) atoms. The van der Waals surface area contributed by atoms with E-state index in [9.17, 15) is 9.59 Å². The number of halogens is 1. The van der Waals surface area contributed by atoms with Crippen molar-refractivity contribution < 1.29 is 14.3 Å². The van der Waals surface area contributed by atoms with Crippen molar-refractivity contribution in [3.05, 3.63) is 106 Å². The molecule has 1 aliphatic rings. The van der Waals surface area contributed by atoms with Gasteiger partial charge >= 0.3 is 0 Å². The van der Waals surface area contributed by atoms with Crippen LogP contribution in [0.3, 0.4) is 0 Å². The summed E-state index contributed by atoms with van der Waals surface area (Å²) in [6.45, 7) is 6.13. The van der Waals surface area contributed by atoms with Crippen LogP contribution >= 0.6 is 11.6 Å². The Morgan fingerprint density at radius 2 is 1.47 bits per heavy atom. The first-order chi connectivity index (χ1) is 20.9. The fourth-order valence-electron chi connectivity index (χ4n) is 5.78. The van der Waals surface area contributed by atoms with E-state index in [0.29, 0.717) is 42.3 Å². The van der Waals surface area contributed by atoms with Crippen LogP contribution < -0.4 is 4.74 Å². The van der Waals surface area contributed by atoms with Crippen LogP contribution in [0.1, 0.15) is 64.6 Å². The van der Waals surface area contributed by atoms with Gasteiger partial charge in [0, 0.05) is 37.4 Å². The molecule has 224 valence electrons. The maximum absolute atomic E-state index is 13.9. The van der Waals surface area contributed by atoms with Crippen molar-refractivity contribution in [2.45, 2.75) is 46.0 Å². The molecule has 3 aromatic carbocycles. The van der Waals surface area contributed by atoms with E-state index < -0.39 is 0 Å². The molecule has 5 rings (SSSR count). The Bertz CT molecular complexity index is 1550. The Morgan fingerprint density at radius 3 is 2.09 bits per heavy atom. The zero-order valence-corrected chi connectivity index (χ0v) is 26.1. The summed E-state index contributed by atoms with van der Waals surface area (Å²) in [5.41, 5.74) is 6.06. The number of piperazine rings is 1. The zero-order valence-electron chi connectivity index (χ0n) is 25.3. The van der Waals surface area contributed by atoms with Crippen LogP contribution in [0.5, 0.6) is 5.75 Å². The average molecular weight is 598 g/mol. The maximum atomic E-state index is 13.9. The number of amides is 2. The highest BCUT2D eigenvalue weighted by molar-refractivity contribution is 6.32. The van der Waals surface area contributed by atoms with Gasteiger partial charge in [-0.1, -0.05) is 62.1 Å². The number of carbonyl (C=O) groups is 2. The van der Waals surface area contributed by atoms with Crippen molar-refractivity contribution in [2.24, 2.45) is 0 Å². The number of unbranched alkanes of at least 4 members (excludes halogenated alkanes) is 3. The van der Waals surface area contributed by atoms with Crippen molar-refractivity contribution >= 4 is 23.4 Å². The third-order valence-electron chi connectivity index (χ3n) is 8.33. The standard InChI is InChI=1S/C36H40ClN3O3/c1-4-5-6-7-10-27-13-15-29(16-14-27)35(41)38-21-23-39(24-22-38)36(42)31-25-34(28-17-19-30(43-3)20-18-28)40(26(31)2)33-12-9-8-11-32(33)37/h8-9,11-20,25H,4-7,10,21-24H2,1-3H3. The van der Waals surface area contributed by atoms with Crippen LogP contribution in [0.25, 0.3) is 16.9 Å². The van der Waals surface area contributed by atoms with Gasteiger partial charge in [-0.25, -0.2) is 0 Å². The minimum absolute atomic E-state index is 0.0208. The molecule has 2 heterocycles. The fourth-order valence-corrected chi connectivity index (χ4v) is 6.00. The smallest absolute Gasteiger partial charge is 0.255 e. The number of rotatable bonds is 10. The summed E-state index contributed by atoms with van der Waals surface area (Å²) >= 11 is 6.64. The molecule has 1 saturated heterocycles. The number of ether oxygens (including phenoxy) is 1. The van der Waals surface area contributed by atoms with Gasteiger partial charge in [0.2, 0.25) is 0 Å². The SMILES string of the molecule is CCCCCCc1ccc(C(=O)N2CCN(C(=O)c3cc(-c4ccc(OC)cc4)n(-c4ccccc4Cl)c3C)CC2)cc1. The molecule has 1 aliphatic heterocycles. The number of hydrogen-bond acceptors (Lipinski definition) is 3. The third kappa shape index (κ3) is 6.80. The quantitative estimate of drug-likeness (QED) is 0.175. The number of aryl methyl sites for hydroxylation is 1. The van der Waals surface area contributed by atoms with E-state index in [4.69, 9.17) is 16.3 Å². The molecule has 1 fully saturated rings. The van der Waals surface area contributed by atoms with E-state index in [-0.39, 0.29) is 11.8 Å². The second-order valence-corrected chi connectivity index (χ2v) is 11.5. The van der Waals surface area contributed by atoms with Gasteiger partial charge in [0.15, 0.2) is 0 Å². The molecule has 0 radical (unpaired) electrons. The number of carbonyl (C=O) groups excluding carboxylic acids is 2. The van der Waals surface area contributed by atoms with Crippen LogP contribution in [-0.4, -0.2) is 59.5 Å². The number of methoxy groups -OCH3 is 1. The lowest BCUT2D eigenvalue weighted by Gasteiger charge is -2.35. The summed E-state index contributed by atoms with van der Waals surface area (Å²) in [5, 5.41) is 0.603. The van der Waals surface area contributed by atoms with Gasteiger partial charge in [0.25, 0.3) is 11.8 Å². The van der Waals surface area contributed by atoms with E-state index in [1.807, 2.05) is 88.0 Å². The molecule has 0 N–H and O–H groups in total. The Labute approximate surface area is 259 Å². The summed E-state index contributed by atoms with van der Waals surface area (Å²) in [4.78, 5) is 30.8. The predicted octanol–water partition coefficient (Wildman–Crippen LogP) is 7.84. The highest BCUT2D eigenvalue weighted by atomic mass is 35.5. The van der Waals surface area contributed by atoms with Crippen LogP contribution in [-0.2, 0) is 6.42 Å². The lowest BCUT2D eigenvalue weighted by Crippen LogP contribution is -2.50. The van der Waals surface area contributed by atoms with Crippen LogP contribution in [0.4, 0.5) is 0 Å². The molecule has 0 aliphatic carbocycles. The molecule has 1 aromatic heterocycles. The lowest BCUT2D eigenvalue weighted by atomic mass is 10.0. The molecule has 6 nitrogen and oxygen atoms in total. The van der Waals surface area contributed by atoms with E-state index >= 15 is 0 Å². The third-order valence-corrected chi connectivity index (χ3v) is 8.65. The number of nitrogens with zero attached hydrogens (tertiary/aromatic N) is 3. The van der Waals surface area contributed by atoms with Gasteiger partial charge < -0.3 is 19.1 Å². The highest BCUT2D eigenvalue weighted by Crippen LogP contribution is 2.34. The Balaban J connectivity index is 1.31. The monoisotopic (exact) mass is 597 g/mol. The minimum Gasteiger partial charge on any atom is -0.497 e. The van der Waals surface area contributed by atoms with Crippen LogP contribution in [0, 0.1) is 6.92 Å². The topological polar surface area (TPSA) is 54.8 Å². The first kappa shape index (κ1) is 30.4. The van der Waals surface area contributed by atoms with E-state index in [1.54, 1.807) is 7.11 Å². The minimum atomic E-state index is -0.0439. The van der Waals surface area contributed by atoms with E-state index in [2.05, 4.69) is 19.1 Å². The number of para-hydroxylation sites is 1. The van der Waals surface area contributed by atoms with Crippen molar-refractivity contribution in [2.75, 3.05) is 33.3 Å². The Morgan fingerprint density at radius 1 is 0.814 bits per heavy atom. The Kier molecular flexibility index (Phi) is 9.88. The zero-order chi connectivity index (χ0) is 30.3. The number of aromatic nitrogens is 1. The van der Waals surface area contributed by atoms with Crippen molar-refractivity contribution in [3.63, 3.8) is 0 Å². The molecule has 7 heteroatoms. The summed E-state index contributed by atoms with van der Waals surface area (Å²) < 4.78 is 7.40. The predicted molar refractivity (Wildman–Crippen MR) is 174 cm³/mol. The molecule has 0 saturated carbocycles. The molecular weight excluding hydrogens is 558 g/mol. The number of benzene rings is 3. The van der Waals surface area contributed by atoms with Crippen molar-refractivity contribution in [1.29, 1.82) is 0 Å². The fraction of sp³-hybridized carbons (Fsp3) is 0.333. The summed E-state index contributed by atoms with van der Waals surface area (Å²) in [5.74, 6) is 0.739. The lowest BCUT2D eigenvalue weighted by molar-refractivity contribution is 0.0535. The first-order valence-corrected chi connectivity index (χ1v) is 15.6. The molecular formula is C36H40ClN3O3. The maximum Gasteiger partial charge on any atom is 0.255 e. The molecule has 0 spiro atoms. The van der Waals surface area contributed by atoms with Gasteiger partial charge in [0.1, 0.15) is 5.75 Å². The first-order valence-electron chi connectivity index (χ1n) is 15.2. The summed E-state index contributed by atoms with van der Waals surface area (Å²) in [6.07, 6.45) is 5.97. The van der Waals surface area contributed by atoms with Gasteiger partial charge in [-0.3, -0.25) is 9.59 Å². The molecule has 2 amide bonds. The molecule has 4 aromatic rings. The van der Waals surface area contributed by atoms with E-state index in [1.165, 1.54) is 31.2 Å². The number of hydrogen-bond donors (Lipinski definition) is 0. The van der Waals surface area contributed by atoms with Gasteiger partial charge in [-0.2, -0.15) is 0 Å². The second-order valence-electron chi connectivity index (χ2n) is 11.1. The van der Waals surface area contributed by atoms with Gasteiger partial charge in [-0.15, -0.1) is 0 Å². The van der Waals surface area contributed by atoms with Crippen LogP contribution in [0.2, 0.25) is 5.02 Å².